The number of nitrogens with two attached hydrogens (primary N) is 1. The van der Waals surface area contributed by atoms with Crippen molar-refractivity contribution in [1.29, 1.82) is 0 Å². The van der Waals surface area contributed by atoms with Crippen LogP contribution in [0, 0.1) is 23.6 Å². The van der Waals surface area contributed by atoms with Gasteiger partial charge in [-0.15, -0.1) is 0 Å². The van der Waals surface area contributed by atoms with Crippen molar-refractivity contribution in [1.82, 2.24) is 0 Å². The number of rotatable bonds is 3. The Hall–Kier alpha value is -0.930. The monoisotopic (exact) mass is 281 g/mol. The molecule has 2 saturated carbocycles. The van der Waals surface area contributed by atoms with Crippen molar-refractivity contribution in [2.75, 3.05) is 0 Å². The van der Waals surface area contributed by atoms with Crippen LogP contribution >= 0.6 is 11.6 Å². The molecule has 3 rings (SSSR count). The number of benzene rings is 1. The van der Waals surface area contributed by atoms with Gasteiger partial charge in [-0.25, -0.2) is 4.39 Å². The molecule has 0 aliphatic heterocycles. The van der Waals surface area contributed by atoms with E-state index in [0.717, 1.165) is 19.3 Å². The first-order valence-corrected chi connectivity index (χ1v) is 7.16. The Bertz CT molecular complexity index is 517. The highest BCUT2D eigenvalue weighted by molar-refractivity contribution is 6.31. The number of halogens is 2. The van der Waals surface area contributed by atoms with Crippen LogP contribution < -0.4 is 5.73 Å². The minimum Gasteiger partial charge on any atom is -0.327 e. The summed E-state index contributed by atoms with van der Waals surface area (Å²) >= 11 is 5.97. The quantitative estimate of drug-likeness (QED) is 0.926. The molecule has 1 aromatic rings. The highest BCUT2D eigenvalue weighted by Gasteiger charge is 2.48. The number of hydrogen-bond donors (Lipinski definition) is 1. The van der Waals surface area contributed by atoms with Crippen LogP contribution in [-0.2, 0) is 11.2 Å². The highest BCUT2D eigenvalue weighted by atomic mass is 35.5. The third-order valence-corrected chi connectivity index (χ3v) is 5.08. The average Bonchev–Trinajstić information content (AvgIpc) is 2.93. The first-order valence-electron chi connectivity index (χ1n) is 6.78. The second-order valence-electron chi connectivity index (χ2n) is 5.82. The molecule has 19 heavy (non-hydrogen) atoms. The molecule has 4 atom stereocenters. The summed E-state index contributed by atoms with van der Waals surface area (Å²) in [5.74, 6) is 0.722. The van der Waals surface area contributed by atoms with Crippen molar-refractivity contribution in [2.45, 2.75) is 31.7 Å². The SMILES string of the molecule is NC1C2CCC(C2)C1C(=O)Cc1ccc(F)cc1Cl. The number of Topliss-reactive ketones (excluding diaryl/α,β-unsaturated/α-hetero) is 1. The molecule has 2 N–H and O–H groups in total. The van der Waals surface area contributed by atoms with Crippen LogP contribution in [0.1, 0.15) is 24.8 Å². The van der Waals surface area contributed by atoms with Crippen molar-refractivity contribution in [3.8, 4) is 0 Å². The van der Waals surface area contributed by atoms with Gasteiger partial charge in [0.1, 0.15) is 11.6 Å². The maximum Gasteiger partial charge on any atom is 0.142 e. The zero-order chi connectivity index (χ0) is 13.6. The Labute approximate surface area is 117 Å². The number of hydrogen-bond acceptors (Lipinski definition) is 2. The minimum atomic E-state index is -0.377. The van der Waals surface area contributed by atoms with Crippen LogP contribution in [0.15, 0.2) is 18.2 Å². The van der Waals surface area contributed by atoms with Crippen LogP contribution in [0.3, 0.4) is 0 Å². The molecule has 2 bridgehead atoms. The molecular weight excluding hydrogens is 265 g/mol. The summed E-state index contributed by atoms with van der Waals surface area (Å²) in [6.45, 7) is 0. The largest absolute Gasteiger partial charge is 0.327 e. The standard InChI is InChI=1S/C15H17ClFNO/c16-12-7-11(17)4-3-8(12)6-13(19)14-9-1-2-10(5-9)15(14)18/h3-4,7,9-10,14-15H,1-2,5-6,18H2. The lowest BCUT2D eigenvalue weighted by atomic mass is 9.80. The fourth-order valence-electron chi connectivity index (χ4n) is 3.78. The van der Waals surface area contributed by atoms with Crippen LogP contribution in [0.2, 0.25) is 5.02 Å². The Morgan fingerprint density at radius 3 is 2.74 bits per heavy atom. The van der Waals surface area contributed by atoms with Gasteiger partial charge in [0.15, 0.2) is 0 Å². The van der Waals surface area contributed by atoms with Crippen molar-refractivity contribution in [3.05, 3.63) is 34.6 Å². The van der Waals surface area contributed by atoms with Gasteiger partial charge in [-0.2, -0.15) is 0 Å². The van der Waals surface area contributed by atoms with Gasteiger partial charge in [-0.1, -0.05) is 17.7 Å². The molecule has 0 heterocycles. The lowest BCUT2D eigenvalue weighted by molar-refractivity contribution is -0.124. The fourth-order valence-corrected chi connectivity index (χ4v) is 4.02. The lowest BCUT2D eigenvalue weighted by Crippen LogP contribution is -2.40. The van der Waals surface area contributed by atoms with E-state index in [1.54, 1.807) is 6.07 Å². The zero-order valence-corrected chi connectivity index (χ0v) is 11.4. The summed E-state index contributed by atoms with van der Waals surface area (Å²) in [6, 6.07) is 4.19. The van der Waals surface area contributed by atoms with Gasteiger partial charge in [-0.3, -0.25) is 4.79 Å². The Kier molecular flexibility index (Phi) is 3.35. The Morgan fingerprint density at radius 2 is 2.11 bits per heavy atom. The molecule has 0 amide bonds. The van der Waals surface area contributed by atoms with E-state index in [9.17, 15) is 9.18 Å². The molecular formula is C15H17ClFNO. The molecule has 2 nitrogen and oxygen atoms in total. The number of carbonyl (C=O) groups excluding carboxylic acids is 1. The van der Waals surface area contributed by atoms with E-state index in [0.29, 0.717) is 22.4 Å². The normalized spacial score (nSPS) is 32.8. The van der Waals surface area contributed by atoms with E-state index in [1.165, 1.54) is 12.1 Å². The molecule has 2 aliphatic rings. The maximum absolute atomic E-state index is 13.0. The fraction of sp³-hybridized carbons (Fsp3) is 0.533. The van der Waals surface area contributed by atoms with Crippen LogP contribution in [-0.4, -0.2) is 11.8 Å². The lowest BCUT2D eigenvalue weighted by Gasteiger charge is -2.27. The van der Waals surface area contributed by atoms with Gasteiger partial charge in [0.25, 0.3) is 0 Å². The molecule has 0 aromatic heterocycles. The van der Waals surface area contributed by atoms with Crippen molar-refractivity contribution < 1.29 is 9.18 Å². The van der Waals surface area contributed by atoms with Crippen molar-refractivity contribution >= 4 is 17.4 Å². The van der Waals surface area contributed by atoms with Crippen LogP contribution in [0.4, 0.5) is 4.39 Å². The zero-order valence-electron chi connectivity index (χ0n) is 10.6. The molecule has 0 spiro atoms. The smallest absolute Gasteiger partial charge is 0.142 e. The van der Waals surface area contributed by atoms with Gasteiger partial charge in [0.2, 0.25) is 0 Å². The summed E-state index contributed by atoms with van der Waals surface area (Å²) in [4.78, 5) is 12.4. The van der Waals surface area contributed by atoms with Gasteiger partial charge < -0.3 is 5.73 Å². The first kappa shape index (κ1) is 13.1. The maximum atomic E-state index is 13.0. The Morgan fingerprint density at radius 1 is 1.37 bits per heavy atom. The number of fused-ring (bicyclic) bond motifs is 2. The van der Waals surface area contributed by atoms with E-state index < -0.39 is 0 Å². The minimum absolute atomic E-state index is 0.00507. The first-order chi connectivity index (χ1) is 9.06. The molecule has 2 fully saturated rings. The van der Waals surface area contributed by atoms with E-state index in [4.69, 9.17) is 17.3 Å². The second-order valence-corrected chi connectivity index (χ2v) is 6.22. The second kappa shape index (κ2) is 4.88. The van der Waals surface area contributed by atoms with Gasteiger partial charge >= 0.3 is 0 Å². The molecule has 1 aromatic carbocycles. The topological polar surface area (TPSA) is 43.1 Å². The average molecular weight is 282 g/mol. The summed E-state index contributed by atoms with van der Waals surface area (Å²) in [7, 11) is 0. The predicted octanol–water partition coefficient (Wildman–Crippen LogP) is 2.96. The third-order valence-electron chi connectivity index (χ3n) is 4.73. The van der Waals surface area contributed by atoms with Gasteiger partial charge in [0, 0.05) is 23.4 Å². The van der Waals surface area contributed by atoms with Gasteiger partial charge in [-0.05, 0) is 48.8 Å². The third kappa shape index (κ3) is 2.30. The number of ketones is 1. The number of carbonyl (C=O) groups is 1. The summed E-state index contributed by atoms with van der Waals surface area (Å²) < 4.78 is 13.0. The van der Waals surface area contributed by atoms with Gasteiger partial charge in [0.05, 0.1) is 0 Å². The molecule has 0 saturated heterocycles. The molecule has 4 unspecified atom stereocenters. The highest BCUT2D eigenvalue weighted by Crippen LogP contribution is 2.48. The summed E-state index contributed by atoms with van der Waals surface area (Å²) in [5.41, 5.74) is 6.86. The molecule has 2 aliphatic carbocycles. The van der Waals surface area contributed by atoms with Crippen molar-refractivity contribution in [3.63, 3.8) is 0 Å². The predicted molar refractivity (Wildman–Crippen MR) is 72.4 cm³/mol. The van der Waals surface area contributed by atoms with Crippen LogP contribution in [0.25, 0.3) is 0 Å². The van der Waals surface area contributed by atoms with E-state index in [2.05, 4.69) is 0 Å². The van der Waals surface area contributed by atoms with Crippen molar-refractivity contribution in [2.24, 2.45) is 23.5 Å². The van der Waals surface area contributed by atoms with E-state index >= 15 is 0 Å². The Balaban J connectivity index is 1.75. The summed E-state index contributed by atoms with van der Waals surface area (Å²) in [6.07, 6.45) is 3.63. The summed E-state index contributed by atoms with van der Waals surface area (Å²) in [5, 5.41) is 0.324. The molecule has 102 valence electrons. The molecule has 0 radical (unpaired) electrons. The van der Waals surface area contributed by atoms with Crippen LogP contribution in [0.5, 0.6) is 0 Å². The van der Waals surface area contributed by atoms with E-state index in [1.807, 2.05) is 0 Å². The van der Waals surface area contributed by atoms with E-state index in [-0.39, 0.29) is 30.0 Å². The molecule has 4 heteroatoms.